The highest BCUT2D eigenvalue weighted by Crippen LogP contribution is 2.26. The van der Waals surface area contributed by atoms with E-state index in [2.05, 4.69) is 49.2 Å². The molecule has 0 radical (unpaired) electrons. The molecule has 3 heterocycles. The molecular weight excluding hydrogens is 414 g/mol. The number of pyridine rings is 1. The van der Waals surface area contributed by atoms with Crippen LogP contribution in [0.15, 0.2) is 59.9 Å². The van der Waals surface area contributed by atoms with Crippen LogP contribution in [0.25, 0.3) is 5.69 Å². The molecule has 0 spiro atoms. The first-order valence-corrected chi connectivity index (χ1v) is 11.1. The van der Waals surface area contributed by atoms with E-state index in [0.717, 1.165) is 27.4 Å². The van der Waals surface area contributed by atoms with Gasteiger partial charge < -0.3 is 9.13 Å². The van der Waals surface area contributed by atoms with Gasteiger partial charge >= 0.3 is 0 Å². The van der Waals surface area contributed by atoms with Gasteiger partial charge in [-0.3, -0.25) is 4.79 Å². The summed E-state index contributed by atoms with van der Waals surface area (Å²) in [5, 5.41) is 0.576. The van der Waals surface area contributed by atoms with E-state index in [-0.39, 0.29) is 11.6 Å². The molecule has 0 saturated heterocycles. The average Bonchev–Trinajstić information content (AvgIpc) is 3.32. The minimum absolute atomic E-state index is 0.00455. The van der Waals surface area contributed by atoms with Crippen LogP contribution < -0.4 is 5.56 Å². The molecule has 154 valence electrons. The minimum Gasteiger partial charge on any atom is -0.306 e. The van der Waals surface area contributed by atoms with Crippen LogP contribution in [-0.2, 0) is 6.42 Å². The summed E-state index contributed by atoms with van der Waals surface area (Å²) in [6, 6.07) is 12.2. The molecule has 3 aromatic heterocycles. The zero-order valence-electron chi connectivity index (χ0n) is 17.5. The molecular formula is C24H24ClN3OS. The molecule has 0 amide bonds. The number of nitrogens with zero attached hydrogens (tertiary/aromatic N) is 3. The van der Waals surface area contributed by atoms with E-state index in [1.54, 1.807) is 28.2 Å². The Hall–Kier alpha value is -2.63. The third kappa shape index (κ3) is 4.13. The first-order chi connectivity index (χ1) is 14.3. The second-order valence-electron chi connectivity index (χ2n) is 7.74. The Kier molecular flexibility index (Phi) is 5.67. The number of halogens is 1. The third-order valence-corrected chi connectivity index (χ3v) is 6.70. The first kappa shape index (κ1) is 20.6. The molecule has 0 N–H and O–H groups in total. The van der Waals surface area contributed by atoms with Gasteiger partial charge in [-0.25, -0.2) is 4.98 Å². The molecule has 4 aromatic rings. The highest BCUT2D eigenvalue weighted by molar-refractivity contribution is 7.12. The van der Waals surface area contributed by atoms with Gasteiger partial charge in [-0.1, -0.05) is 23.7 Å². The molecule has 30 heavy (non-hydrogen) atoms. The van der Waals surface area contributed by atoms with E-state index in [4.69, 9.17) is 11.6 Å². The number of hydrogen-bond acceptors (Lipinski definition) is 3. The van der Waals surface area contributed by atoms with Crippen LogP contribution in [0, 0.1) is 20.8 Å². The van der Waals surface area contributed by atoms with Gasteiger partial charge in [-0.05, 0) is 63.1 Å². The zero-order chi connectivity index (χ0) is 21.4. The summed E-state index contributed by atoms with van der Waals surface area (Å²) in [4.78, 5) is 19.9. The molecule has 0 unspecified atom stereocenters. The third-order valence-electron chi connectivity index (χ3n) is 5.32. The summed E-state index contributed by atoms with van der Waals surface area (Å²) in [5.74, 6) is 0. The van der Waals surface area contributed by atoms with Gasteiger partial charge in [0, 0.05) is 39.8 Å². The van der Waals surface area contributed by atoms with Crippen molar-refractivity contribution >= 4 is 22.9 Å². The van der Waals surface area contributed by atoms with Crippen molar-refractivity contribution in [2.45, 2.75) is 40.2 Å². The molecule has 0 fully saturated rings. The van der Waals surface area contributed by atoms with Crippen LogP contribution in [0.4, 0.5) is 0 Å². The number of imidazole rings is 1. The highest BCUT2D eigenvalue weighted by atomic mass is 35.5. The predicted molar refractivity (Wildman–Crippen MR) is 124 cm³/mol. The van der Waals surface area contributed by atoms with Crippen LogP contribution in [0.2, 0.25) is 5.02 Å². The Labute approximate surface area is 185 Å². The molecule has 0 aliphatic rings. The fourth-order valence-electron chi connectivity index (χ4n) is 3.74. The van der Waals surface area contributed by atoms with Crippen LogP contribution >= 0.6 is 22.9 Å². The summed E-state index contributed by atoms with van der Waals surface area (Å²) in [6.45, 7) is 8.16. The number of benzene rings is 1. The second-order valence-corrected chi connectivity index (χ2v) is 9.50. The number of aromatic nitrogens is 3. The van der Waals surface area contributed by atoms with Crippen LogP contribution in [0.5, 0.6) is 0 Å². The lowest BCUT2D eigenvalue weighted by Crippen LogP contribution is -2.26. The second kappa shape index (κ2) is 8.25. The Bertz CT molecular complexity index is 1270. The molecule has 1 atom stereocenters. The average molecular weight is 438 g/mol. The van der Waals surface area contributed by atoms with E-state index in [9.17, 15) is 4.79 Å². The predicted octanol–water partition coefficient (Wildman–Crippen LogP) is 5.87. The molecule has 0 saturated carbocycles. The summed E-state index contributed by atoms with van der Waals surface area (Å²) in [5.41, 5.74) is 4.99. The van der Waals surface area contributed by atoms with Gasteiger partial charge in [0.25, 0.3) is 5.56 Å². The van der Waals surface area contributed by atoms with Gasteiger partial charge in [-0.15, -0.1) is 11.3 Å². The molecule has 6 heteroatoms. The molecule has 4 rings (SSSR count). The maximum atomic E-state index is 13.2. The largest absolute Gasteiger partial charge is 0.306 e. The van der Waals surface area contributed by atoms with E-state index >= 15 is 0 Å². The SMILES string of the molecule is Cc1cn(-c2ccc(Cc3cc(Cl)cn([C@@H](C)c4ccc(C)s4)c3=O)cc2C)cn1. The van der Waals surface area contributed by atoms with Crippen molar-refractivity contribution < 1.29 is 0 Å². The fraction of sp³-hybridized carbons (Fsp3) is 0.250. The van der Waals surface area contributed by atoms with Gasteiger partial charge in [0.2, 0.25) is 0 Å². The molecule has 0 aliphatic heterocycles. The fourth-order valence-corrected chi connectivity index (χ4v) is 4.91. The standard InChI is InChI=1S/C24H24ClN3OS/c1-15-9-19(6-7-22(15)27-12-16(2)26-14-27)10-20-11-21(25)13-28(24(20)29)18(4)23-8-5-17(3)30-23/h5-9,11-14,18H,10H2,1-4H3/t18-/m0/s1. The molecule has 4 nitrogen and oxygen atoms in total. The lowest BCUT2D eigenvalue weighted by molar-refractivity contribution is 0.619. The Balaban J connectivity index is 1.66. The Morgan fingerprint density at radius 3 is 2.53 bits per heavy atom. The van der Waals surface area contributed by atoms with Crippen LogP contribution in [-0.4, -0.2) is 14.1 Å². The van der Waals surface area contributed by atoms with E-state index in [0.29, 0.717) is 17.0 Å². The quantitative estimate of drug-likeness (QED) is 0.391. The number of aryl methyl sites for hydroxylation is 3. The monoisotopic (exact) mass is 437 g/mol. The number of hydrogen-bond donors (Lipinski definition) is 0. The number of rotatable bonds is 5. The van der Waals surface area contributed by atoms with Gasteiger partial charge in [-0.2, -0.15) is 0 Å². The molecule has 0 aliphatic carbocycles. The minimum atomic E-state index is -0.0535. The maximum absolute atomic E-state index is 13.2. The van der Waals surface area contributed by atoms with Crippen molar-refractivity contribution in [2.24, 2.45) is 0 Å². The normalized spacial score (nSPS) is 12.3. The summed E-state index contributed by atoms with van der Waals surface area (Å²) in [7, 11) is 0. The lowest BCUT2D eigenvalue weighted by Gasteiger charge is -2.16. The van der Waals surface area contributed by atoms with Gasteiger partial charge in [0.15, 0.2) is 0 Å². The maximum Gasteiger partial charge on any atom is 0.254 e. The van der Waals surface area contributed by atoms with Crippen LogP contribution in [0.3, 0.4) is 0 Å². The van der Waals surface area contributed by atoms with Crippen molar-refractivity contribution in [1.29, 1.82) is 0 Å². The van der Waals surface area contributed by atoms with E-state index in [1.165, 1.54) is 4.88 Å². The molecule has 1 aromatic carbocycles. The summed E-state index contributed by atoms with van der Waals surface area (Å²) < 4.78 is 3.77. The van der Waals surface area contributed by atoms with E-state index < -0.39 is 0 Å². The van der Waals surface area contributed by atoms with Crippen molar-refractivity contribution in [3.8, 4) is 5.69 Å². The highest BCUT2D eigenvalue weighted by Gasteiger charge is 2.15. The van der Waals surface area contributed by atoms with Crippen molar-refractivity contribution in [3.05, 3.63) is 103 Å². The smallest absolute Gasteiger partial charge is 0.254 e. The van der Waals surface area contributed by atoms with E-state index in [1.807, 2.05) is 30.9 Å². The van der Waals surface area contributed by atoms with Crippen molar-refractivity contribution in [3.63, 3.8) is 0 Å². The van der Waals surface area contributed by atoms with Gasteiger partial charge in [0.1, 0.15) is 0 Å². The zero-order valence-corrected chi connectivity index (χ0v) is 19.1. The van der Waals surface area contributed by atoms with Crippen molar-refractivity contribution in [1.82, 2.24) is 14.1 Å². The topological polar surface area (TPSA) is 39.8 Å². The Morgan fingerprint density at radius 1 is 1.10 bits per heavy atom. The first-order valence-electron chi connectivity index (χ1n) is 9.89. The van der Waals surface area contributed by atoms with Crippen molar-refractivity contribution in [2.75, 3.05) is 0 Å². The lowest BCUT2D eigenvalue weighted by atomic mass is 10.0. The van der Waals surface area contributed by atoms with Crippen LogP contribution in [0.1, 0.15) is 45.1 Å². The number of thiophene rings is 1. The summed E-state index contributed by atoms with van der Waals surface area (Å²) >= 11 is 8.11. The Morgan fingerprint density at radius 2 is 1.90 bits per heavy atom. The van der Waals surface area contributed by atoms with Gasteiger partial charge in [0.05, 0.1) is 23.1 Å². The summed E-state index contributed by atoms with van der Waals surface area (Å²) in [6.07, 6.45) is 6.11. The molecule has 0 bridgehead atoms.